The molecule has 4 aromatic rings. The number of halogens is 2. The summed E-state index contributed by atoms with van der Waals surface area (Å²) in [4.78, 5) is 25.4. The van der Waals surface area contributed by atoms with Crippen molar-refractivity contribution in [3.05, 3.63) is 88.4 Å². The number of hydrogen-bond donors (Lipinski definition) is 2. The zero-order valence-electron chi connectivity index (χ0n) is 20.4. The number of anilines is 1. The van der Waals surface area contributed by atoms with Crippen LogP contribution in [0, 0.1) is 5.82 Å². The average molecular weight is 600 g/mol. The van der Waals surface area contributed by atoms with Gasteiger partial charge in [-0.2, -0.15) is 0 Å². The lowest BCUT2D eigenvalue weighted by Crippen LogP contribution is -2.24. The van der Waals surface area contributed by atoms with Crippen LogP contribution in [0.1, 0.15) is 16.2 Å². The lowest BCUT2D eigenvalue weighted by molar-refractivity contribution is -0.113. The second-order valence-electron chi connectivity index (χ2n) is 7.84. The van der Waals surface area contributed by atoms with Crippen LogP contribution >= 0.6 is 27.7 Å². The molecule has 0 unspecified atom stereocenters. The maximum atomic E-state index is 13.1. The van der Waals surface area contributed by atoms with Crippen molar-refractivity contribution >= 4 is 45.2 Å². The number of hydrogen-bond acceptors (Lipinski definition) is 7. The Bertz CT molecular complexity index is 1410. The molecule has 2 amide bonds. The number of methoxy groups -OCH3 is 2. The fraction of sp³-hybridized carbons (Fsp3) is 0.154. The van der Waals surface area contributed by atoms with Gasteiger partial charge in [0.15, 0.2) is 11.0 Å². The number of benzene rings is 3. The number of rotatable bonds is 10. The van der Waals surface area contributed by atoms with E-state index in [2.05, 4.69) is 36.8 Å². The van der Waals surface area contributed by atoms with Gasteiger partial charge in [-0.1, -0.05) is 27.7 Å². The van der Waals surface area contributed by atoms with Gasteiger partial charge in [0.2, 0.25) is 5.91 Å². The summed E-state index contributed by atoms with van der Waals surface area (Å²) in [6, 6.07) is 17.9. The monoisotopic (exact) mass is 599 g/mol. The normalized spacial score (nSPS) is 10.6. The lowest BCUT2D eigenvalue weighted by atomic mass is 10.2. The van der Waals surface area contributed by atoms with Gasteiger partial charge in [0.1, 0.15) is 17.3 Å². The Hall–Kier alpha value is -3.90. The smallest absolute Gasteiger partial charge is 0.251 e. The Balaban J connectivity index is 1.51. The summed E-state index contributed by atoms with van der Waals surface area (Å²) in [5.41, 5.74) is 1.61. The SMILES string of the molecule is COc1cc(OC)cc(C(=O)NCc2nnc(SCC(=O)Nc3ccc(F)cc3)n2-c2ccc(Br)cc2)c1. The van der Waals surface area contributed by atoms with Crippen molar-refractivity contribution in [2.75, 3.05) is 25.3 Å². The fourth-order valence-corrected chi connectivity index (χ4v) is 4.45. The summed E-state index contributed by atoms with van der Waals surface area (Å²) in [6.45, 7) is 0.0732. The van der Waals surface area contributed by atoms with Gasteiger partial charge in [0.05, 0.1) is 26.5 Å². The van der Waals surface area contributed by atoms with E-state index in [-0.39, 0.29) is 29.9 Å². The maximum Gasteiger partial charge on any atom is 0.251 e. The van der Waals surface area contributed by atoms with Crippen molar-refractivity contribution in [3.8, 4) is 17.2 Å². The van der Waals surface area contributed by atoms with Gasteiger partial charge in [-0.15, -0.1) is 10.2 Å². The van der Waals surface area contributed by atoms with Crippen LogP contribution in [-0.4, -0.2) is 46.6 Å². The number of carbonyl (C=O) groups is 2. The number of ether oxygens (including phenoxy) is 2. The topological polar surface area (TPSA) is 107 Å². The van der Waals surface area contributed by atoms with E-state index in [1.54, 1.807) is 22.8 Å². The molecular formula is C26H23BrFN5O4S. The molecule has 1 aromatic heterocycles. The van der Waals surface area contributed by atoms with Crippen LogP contribution in [0.15, 0.2) is 76.4 Å². The minimum absolute atomic E-state index is 0.0437. The fourth-order valence-electron chi connectivity index (χ4n) is 3.42. The van der Waals surface area contributed by atoms with Gasteiger partial charge in [0.25, 0.3) is 5.91 Å². The van der Waals surface area contributed by atoms with Crippen molar-refractivity contribution in [3.63, 3.8) is 0 Å². The van der Waals surface area contributed by atoms with Crippen molar-refractivity contribution < 1.29 is 23.5 Å². The van der Waals surface area contributed by atoms with Crippen molar-refractivity contribution in [2.24, 2.45) is 0 Å². The molecule has 38 heavy (non-hydrogen) atoms. The van der Waals surface area contributed by atoms with Crippen molar-refractivity contribution in [2.45, 2.75) is 11.7 Å². The summed E-state index contributed by atoms with van der Waals surface area (Å²) in [7, 11) is 3.02. The molecule has 3 aromatic carbocycles. The highest BCUT2D eigenvalue weighted by atomic mass is 79.9. The second-order valence-corrected chi connectivity index (χ2v) is 9.70. The molecule has 0 aliphatic heterocycles. The number of aromatic nitrogens is 3. The van der Waals surface area contributed by atoms with Crippen molar-refractivity contribution in [1.29, 1.82) is 0 Å². The Morgan fingerprint density at radius 3 is 2.26 bits per heavy atom. The van der Waals surface area contributed by atoms with E-state index in [1.807, 2.05) is 24.3 Å². The van der Waals surface area contributed by atoms with Crippen LogP contribution in [0.25, 0.3) is 5.69 Å². The van der Waals surface area contributed by atoms with Gasteiger partial charge in [0, 0.05) is 27.5 Å². The first-order chi connectivity index (χ1) is 18.4. The Labute approximate surface area is 230 Å². The first-order valence-electron chi connectivity index (χ1n) is 11.3. The second kappa shape index (κ2) is 12.6. The molecule has 0 saturated heterocycles. The van der Waals surface area contributed by atoms with Crippen LogP contribution in [0.2, 0.25) is 0 Å². The summed E-state index contributed by atoms with van der Waals surface area (Å²) in [6.07, 6.45) is 0. The minimum Gasteiger partial charge on any atom is -0.497 e. The number of nitrogens with zero attached hydrogens (tertiary/aromatic N) is 3. The molecule has 1 heterocycles. The van der Waals surface area contributed by atoms with Crippen LogP contribution < -0.4 is 20.1 Å². The summed E-state index contributed by atoms with van der Waals surface area (Å²) < 4.78 is 26.3. The molecule has 0 spiro atoms. The van der Waals surface area contributed by atoms with Crippen LogP contribution in [0.3, 0.4) is 0 Å². The van der Waals surface area contributed by atoms with Gasteiger partial charge >= 0.3 is 0 Å². The van der Waals surface area contributed by atoms with E-state index in [9.17, 15) is 14.0 Å². The van der Waals surface area contributed by atoms with E-state index in [0.29, 0.717) is 33.7 Å². The molecule has 0 aliphatic carbocycles. The lowest BCUT2D eigenvalue weighted by Gasteiger charge is -2.12. The number of nitrogens with one attached hydrogen (secondary N) is 2. The largest absolute Gasteiger partial charge is 0.497 e. The average Bonchev–Trinajstić information content (AvgIpc) is 3.34. The maximum absolute atomic E-state index is 13.1. The summed E-state index contributed by atoms with van der Waals surface area (Å²) >= 11 is 4.61. The van der Waals surface area contributed by atoms with Gasteiger partial charge < -0.3 is 20.1 Å². The van der Waals surface area contributed by atoms with Crippen LogP contribution in [-0.2, 0) is 11.3 Å². The molecule has 0 bridgehead atoms. The molecule has 4 rings (SSSR count). The Morgan fingerprint density at radius 2 is 1.63 bits per heavy atom. The van der Waals surface area contributed by atoms with Gasteiger partial charge in [-0.3, -0.25) is 14.2 Å². The highest BCUT2D eigenvalue weighted by Crippen LogP contribution is 2.25. The zero-order valence-corrected chi connectivity index (χ0v) is 22.8. The highest BCUT2D eigenvalue weighted by Gasteiger charge is 2.18. The number of thioether (sulfide) groups is 1. The highest BCUT2D eigenvalue weighted by molar-refractivity contribution is 9.10. The predicted octanol–water partition coefficient (Wildman–Crippen LogP) is 4.85. The molecule has 0 radical (unpaired) electrons. The molecule has 0 atom stereocenters. The quantitative estimate of drug-likeness (QED) is 0.251. The van der Waals surface area contributed by atoms with Gasteiger partial charge in [-0.25, -0.2) is 4.39 Å². The van der Waals surface area contributed by atoms with Crippen molar-refractivity contribution in [1.82, 2.24) is 20.1 Å². The molecule has 196 valence electrons. The molecule has 0 aliphatic rings. The van der Waals surface area contributed by atoms with E-state index in [4.69, 9.17) is 9.47 Å². The number of carbonyl (C=O) groups excluding carboxylic acids is 2. The first-order valence-corrected chi connectivity index (χ1v) is 13.0. The zero-order chi connectivity index (χ0) is 27.1. The standard InChI is InChI=1S/C26H23BrFN5O4S/c1-36-21-11-16(12-22(13-21)37-2)25(35)29-14-23-31-32-26(33(23)20-9-3-17(27)4-10-20)38-15-24(34)30-19-7-5-18(28)6-8-19/h3-13H,14-15H2,1-2H3,(H,29,35)(H,30,34). The van der Waals surface area contributed by atoms with E-state index in [1.165, 1.54) is 50.2 Å². The van der Waals surface area contributed by atoms with Gasteiger partial charge in [-0.05, 0) is 60.7 Å². The third kappa shape index (κ3) is 6.90. The Kier molecular flexibility index (Phi) is 8.98. The van der Waals surface area contributed by atoms with Crippen LogP contribution in [0.5, 0.6) is 11.5 Å². The third-order valence-corrected chi connectivity index (χ3v) is 6.72. The van der Waals surface area contributed by atoms with E-state index in [0.717, 1.165) is 10.2 Å². The summed E-state index contributed by atoms with van der Waals surface area (Å²) in [5, 5.41) is 14.6. The first kappa shape index (κ1) is 27.1. The predicted molar refractivity (Wildman–Crippen MR) is 146 cm³/mol. The molecule has 0 saturated carbocycles. The molecule has 9 nitrogen and oxygen atoms in total. The van der Waals surface area contributed by atoms with E-state index >= 15 is 0 Å². The Morgan fingerprint density at radius 1 is 0.974 bits per heavy atom. The molecule has 2 N–H and O–H groups in total. The van der Waals surface area contributed by atoms with Crippen LogP contribution in [0.4, 0.5) is 10.1 Å². The van der Waals surface area contributed by atoms with E-state index < -0.39 is 0 Å². The minimum atomic E-state index is -0.384. The third-order valence-electron chi connectivity index (χ3n) is 5.27. The molecule has 0 fully saturated rings. The summed E-state index contributed by atoms with van der Waals surface area (Å²) in [5.74, 6) is 0.480. The molecular weight excluding hydrogens is 577 g/mol. The molecule has 12 heteroatoms. The number of amides is 2.